The number of nitrogens with zero attached hydrogens (tertiary/aromatic N) is 10. The standard InChI is InChI=1S/C67H93BrN16O16/c68-48-16-14-47(15-17-48)42-82(29-7-2-6-26-73-67(99)76-56(66(97)98)21-23-61(89)90)59(87)13-3-1-5-25-72-65(96)55(75-58(86)44-79-32-34-80(45-62(91)92)36-37-81(35-33-79)46-63(93)94)12-4-8-30-83-43-49(77-78-83)18-22-57(85)71-27-10-38-100-51-19-20-54-53(39-51)52(24-28-70-54)64(95)74-41-60(88)84-31-9-11-50(84)40-69/h14-17,19-20,24,28,39,43,50,55-56H,1-13,18,21-23,25-27,29-38,41-42,44-46H2,(H,71,85)(H,72,96)(H,74,95)(H,75,86)(H,89,90)(H,91,92)(H,93,94)(H,97,98)(H2,73,76,99)/t50-,55-,56-/m0/s1. The van der Waals surface area contributed by atoms with E-state index >= 15 is 0 Å². The number of halogens is 1. The molecule has 2 aromatic heterocycles. The summed E-state index contributed by atoms with van der Waals surface area (Å²) < 4.78 is 8.50. The molecule has 2 aliphatic heterocycles. The number of carbonyl (C=O) groups is 11. The zero-order chi connectivity index (χ0) is 72.2. The van der Waals surface area contributed by atoms with Crippen molar-refractivity contribution in [3.05, 3.63) is 82.2 Å². The van der Waals surface area contributed by atoms with Crippen LogP contribution in [0.15, 0.2) is 65.4 Å². The highest BCUT2D eigenvalue weighted by Gasteiger charge is 2.30. The number of unbranched alkanes of at least 4 members (excludes halogenated alkanes) is 5. The molecule has 33 heteroatoms. The molecule has 0 saturated carbocycles. The molecule has 10 N–H and O–H groups in total. The monoisotopic (exact) mass is 1460 g/mol. The van der Waals surface area contributed by atoms with E-state index in [-0.39, 0.29) is 89.3 Å². The Kier molecular flexibility index (Phi) is 34.4. The van der Waals surface area contributed by atoms with E-state index in [1.807, 2.05) is 29.2 Å². The highest BCUT2D eigenvalue weighted by atomic mass is 79.9. The molecule has 2 aromatic carbocycles. The molecule has 3 atom stereocenters. The Labute approximate surface area is 588 Å². The summed E-state index contributed by atoms with van der Waals surface area (Å²) in [4.78, 5) is 151. The van der Waals surface area contributed by atoms with E-state index in [9.17, 15) is 73.3 Å². The number of carboxylic acid groups (broad SMARTS) is 4. The maximum atomic E-state index is 14.0. The maximum Gasteiger partial charge on any atom is 0.326 e. The predicted molar refractivity (Wildman–Crippen MR) is 366 cm³/mol. The fourth-order valence-electron chi connectivity index (χ4n) is 11.4. The molecule has 0 aliphatic carbocycles. The third-order valence-corrected chi connectivity index (χ3v) is 17.4. The number of carboxylic acids is 4. The van der Waals surface area contributed by atoms with Gasteiger partial charge in [-0.2, -0.15) is 5.26 Å². The van der Waals surface area contributed by atoms with E-state index in [0.717, 1.165) is 16.5 Å². The van der Waals surface area contributed by atoms with E-state index in [1.54, 1.807) is 49.8 Å². The van der Waals surface area contributed by atoms with Gasteiger partial charge in [-0.15, -0.1) is 5.10 Å². The number of amides is 8. The van der Waals surface area contributed by atoms with Gasteiger partial charge in [0.1, 0.15) is 23.9 Å². The number of benzene rings is 2. The number of nitrogens with one attached hydrogen (secondary N) is 6. The summed E-state index contributed by atoms with van der Waals surface area (Å²) in [6.07, 6.45) is 9.91. The van der Waals surface area contributed by atoms with Crippen LogP contribution >= 0.6 is 15.9 Å². The molecular weight excluding hydrogens is 1360 g/mol. The third-order valence-electron chi connectivity index (χ3n) is 16.9. The maximum absolute atomic E-state index is 14.0. The third kappa shape index (κ3) is 29.6. The molecule has 0 unspecified atom stereocenters. The molecule has 100 heavy (non-hydrogen) atoms. The average Bonchev–Trinajstić information content (AvgIpc) is 0.861. The van der Waals surface area contributed by atoms with Gasteiger partial charge in [0.25, 0.3) is 5.91 Å². The fourth-order valence-corrected chi connectivity index (χ4v) is 11.7. The molecule has 2 aliphatic rings. The van der Waals surface area contributed by atoms with E-state index in [1.165, 1.54) is 11.1 Å². The Hall–Kier alpha value is -9.39. The Morgan fingerprint density at radius 2 is 1.35 bits per heavy atom. The molecule has 0 bridgehead atoms. The second-order valence-corrected chi connectivity index (χ2v) is 25.6. The number of carbonyl (C=O) groups excluding carboxylic acids is 7. The van der Waals surface area contributed by atoms with Crippen molar-refractivity contribution < 1.29 is 77.9 Å². The van der Waals surface area contributed by atoms with Gasteiger partial charge >= 0.3 is 29.9 Å². The van der Waals surface area contributed by atoms with Crippen molar-refractivity contribution >= 4 is 92.2 Å². The van der Waals surface area contributed by atoms with Gasteiger partial charge < -0.3 is 66.9 Å². The number of aryl methyl sites for hydroxylation is 2. The number of pyridine rings is 1. The minimum absolute atomic E-state index is 0.0582. The molecule has 0 radical (unpaired) electrons. The summed E-state index contributed by atoms with van der Waals surface area (Å²) in [5.74, 6) is -5.98. The van der Waals surface area contributed by atoms with Crippen LogP contribution in [0, 0.1) is 11.3 Å². The van der Waals surface area contributed by atoms with Gasteiger partial charge in [-0.3, -0.25) is 67.5 Å². The SMILES string of the molecule is N#C[C@@H]1CCCN1C(=O)CNC(=O)c1ccnc2ccc(OCCCNC(=O)CCc3cn(CCCC[C@H](NC(=O)CN4CCN(CC(=O)O)CCN(CC(=O)O)CC4)C(=O)NCCCCCC(=O)N(CCCCCNC(=O)N[C@@H](CCC(=O)O)C(=O)O)Cc4ccc(Br)cc4)nn3)cc12. The second-order valence-electron chi connectivity index (χ2n) is 24.7. The lowest BCUT2D eigenvalue weighted by atomic mass is 10.1. The minimum Gasteiger partial charge on any atom is -0.494 e. The van der Waals surface area contributed by atoms with E-state index in [0.29, 0.717) is 171 Å². The van der Waals surface area contributed by atoms with E-state index in [2.05, 4.69) is 69.2 Å². The lowest BCUT2D eigenvalue weighted by molar-refractivity contribution is -0.141. The second kappa shape index (κ2) is 43.2. The van der Waals surface area contributed by atoms with Crippen molar-refractivity contribution in [2.75, 3.05) is 105 Å². The number of hydrogen-bond acceptors (Lipinski definition) is 19. The van der Waals surface area contributed by atoms with Crippen LogP contribution < -0.4 is 36.6 Å². The molecule has 0 spiro atoms. The topological polar surface area (TPSA) is 434 Å². The van der Waals surface area contributed by atoms with Crippen molar-refractivity contribution in [2.24, 2.45) is 0 Å². The van der Waals surface area contributed by atoms with Crippen LogP contribution in [0.4, 0.5) is 4.79 Å². The molecule has 2 saturated heterocycles. The van der Waals surface area contributed by atoms with Gasteiger partial charge in [0.15, 0.2) is 0 Å². The number of likely N-dealkylation sites (tertiary alicyclic amines) is 1. The quantitative estimate of drug-likeness (QED) is 0.0285. The number of nitriles is 1. The molecule has 6 rings (SSSR count). The minimum atomic E-state index is -1.35. The highest BCUT2D eigenvalue weighted by Crippen LogP contribution is 2.24. The first-order valence-corrected chi connectivity index (χ1v) is 34.8. The van der Waals surface area contributed by atoms with Crippen LogP contribution in [0.1, 0.15) is 124 Å². The van der Waals surface area contributed by atoms with Crippen LogP contribution in [0.5, 0.6) is 5.75 Å². The summed E-state index contributed by atoms with van der Waals surface area (Å²) in [5, 5.41) is 72.0. The van der Waals surface area contributed by atoms with Gasteiger partial charge in [-0.25, -0.2) is 9.59 Å². The summed E-state index contributed by atoms with van der Waals surface area (Å²) in [6.45, 7) is 3.84. The van der Waals surface area contributed by atoms with Crippen molar-refractivity contribution in [2.45, 2.75) is 140 Å². The molecule has 2 fully saturated rings. The first-order valence-electron chi connectivity index (χ1n) is 34.0. The lowest BCUT2D eigenvalue weighted by Crippen LogP contribution is -2.50. The van der Waals surface area contributed by atoms with Gasteiger partial charge in [0.2, 0.25) is 29.5 Å². The number of urea groups is 1. The number of ether oxygens (including phenoxy) is 1. The number of rotatable bonds is 43. The summed E-state index contributed by atoms with van der Waals surface area (Å²) in [6, 6.07) is 13.0. The Morgan fingerprint density at radius 1 is 0.670 bits per heavy atom. The zero-order valence-electron chi connectivity index (χ0n) is 56.3. The largest absolute Gasteiger partial charge is 0.494 e. The smallest absolute Gasteiger partial charge is 0.326 e. The van der Waals surface area contributed by atoms with Crippen molar-refractivity contribution in [3.63, 3.8) is 0 Å². The number of fused-ring (bicyclic) bond motifs is 1. The number of hydrogen-bond donors (Lipinski definition) is 10. The Bertz CT molecular complexity index is 3400. The first-order chi connectivity index (χ1) is 48.1. The molecule has 4 aromatic rings. The molecule has 32 nitrogen and oxygen atoms in total. The van der Waals surface area contributed by atoms with Gasteiger partial charge in [0.05, 0.1) is 55.6 Å². The molecule has 8 amide bonds. The van der Waals surface area contributed by atoms with Crippen LogP contribution in [-0.4, -0.2) is 253 Å². The molecule has 544 valence electrons. The van der Waals surface area contributed by atoms with Crippen LogP contribution in [0.3, 0.4) is 0 Å². The Balaban J connectivity index is 0.943. The summed E-state index contributed by atoms with van der Waals surface area (Å²) >= 11 is 3.45. The molecule has 4 heterocycles. The average molecular weight is 1460 g/mol. The lowest BCUT2D eigenvalue weighted by Gasteiger charge is -2.26. The van der Waals surface area contributed by atoms with Crippen LogP contribution in [-0.2, 0) is 62.7 Å². The Morgan fingerprint density at radius 3 is 2.03 bits per heavy atom. The zero-order valence-corrected chi connectivity index (χ0v) is 57.9. The predicted octanol–water partition coefficient (Wildman–Crippen LogP) is 2.59. The van der Waals surface area contributed by atoms with Crippen molar-refractivity contribution in [1.82, 2.24) is 76.4 Å². The van der Waals surface area contributed by atoms with Crippen LogP contribution in [0.25, 0.3) is 10.9 Å². The van der Waals surface area contributed by atoms with Crippen molar-refractivity contribution in [1.29, 1.82) is 5.26 Å². The fraction of sp³-hybridized carbons (Fsp3) is 0.567. The van der Waals surface area contributed by atoms with Crippen LogP contribution in [0.2, 0.25) is 0 Å². The van der Waals surface area contributed by atoms with Gasteiger partial charge in [0, 0.05) is 133 Å². The summed E-state index contributed by atoms with van der Waals surface area (Å²) in [5.41, 5.74) is 2.40. The first kappa shape index (κ1) is 79.6. The number of aromatic nitrogens is 4. The van der Waals surface area contributed by atoms with E-state index in [4.69, 9.17) is 9.84 Å². The highest BCUT2D eigenvalue weighted by molar-refractivity contribution is 9.10. The van der Waals surface area contributed by atoms with Gasteiger partial charge in [-0.1, -0.05) is 39.7 Å². The summed E-state index contributed by atoms with van der Waals surface area (Å²) in [7, 11) is 0. The molecular formula is C67H93BrN16O16. The van der Waals surface area contributed by atoms with Gasteiger partial charge in [-0.05, 0) is 119 Å². The normalized spacial score (nSPS) is 15.0. The number of aliphatic carboxylic acids is 4. The van der Waals surface area contributed by atoms with E-state index < -0.39 is 72.2 Å². The van der Waals surface area contributed by atoms with Crippen molar-refractivity contribution in [3.8, 4) is 11.8 Å².